The second-order valence-corrected chi connectivity index (χ2v) is 11.4. The molecule has 0 bridgehead atoms. The number of carbonyl (C=O) groups is 2. The molecule has 1 saturated carbocycles. The molecule has 8 heteroatoms. The van der Waals surface area contributed by atoms with E-state index in [4.69, 9.17) is 9.47 Å². The van der Waals surface area contributed by atoms with Crippen LogP contribution in [0.2, 0.25) is 0 Å². The van der Waals surface area contributed by atoms with Crippen LogP contribution < -0.4 is 0 Å². The third kappa shape index (κ3) is 4.55. The Morgan fingerprint density at radius 2 is 2.14 bits per heavy atom. The summed E-state index contributed by atoms with van der Waals surface area (Å²) in [6.07, 6.45) is 6.79. The lowest BCUT2D eigenvalue weighted by atomic mass is 9.78. The molecule has 4 aliphatic rings. The van der Waals surface area contributed by atoms with Crippen molar-refractivity contribution in [1.29, 1.82) is 0 Å². The summed E-state index contributed by atoms with van der Waals surface area (Å²) < 4.78 is 11.4. The van der Waals surface area contributed by atoms with Gasteiger partial charge in [0, 0.05) is 72.3 Å². The number of pyridine rings is 1. The van der Waals surface area contributed by atoms with Gasteiger partial charge in [0.2, 0.25) is 5.91 Å². The van der Waals surface area contributed by atoms with Gasteiger partial charge >= 0.3 is 6.03 Å². The van der Waals surface area contributed by atoms with Crippen molar-refractivity contribution < 1.29 is 19.1 Å². The number of amides is 3. The number of carbonyl (C=O) groups excluding carboxylic acids is 2. The van der Waals surface area contributed by atoms with Crippen LogP contribution in [0, 0.1) is 30.1 Å². The van der Waals surface area contributed by atoms with Crippen molar-refractivity contribution in [3.8, 4) is 0 Å². The fourth-order valence-electron chi connectivity index (χ4n) is 7.19. The van der Waals surface area contributed by atoms with Crippen molar-refractivity contribution >= 4 is 11.9 Å². The average molecular weight is 485 g/mol. The summed E-state index contributed by atoms with van der Waals surface area (Å²) in [7, 11) is 5.36. The summed E-state index contributed by atoms with van der Waals surface area (Å²) in [5.74, 6) is 1.39. The molecule has 8 nitrogen and oxygen atoms in total. The summed E-state index contributed by atoms with van der Waals surface area (Å²) in [5, 5.41) is 0. The van der Waals surface area contributed by atoms with Crippen molar-refractivity contribution in [1.82, 2.24) is 19.7 Å². The fraction of sp³-hybridized carbons (Fsp3) is 0.741. The second-order valence-electron chi connectivity index (χ2n) is 11.4. The number of likely N-dealkylation sites (tertiary alicyclic amines) is 1. The molecule has 1 aliphatic carbocycles. The molecule has 3 amide bonds. The van der Waals surface area contributed by atoms with Crippen molar-refractivity contribution in [2.24, 2.45) is 23.2 Å². The number of methoxy groups -OCH3 is 1. The molecule has 0 N–H and O–H groups in total. The van der Waals surface area contributed by atoms with Crippen molar-refractivity contribution in [2.45, 2.75) is 51.7 Å². The largest absolute Gasteiger partial charge is 0.379 e. The molecule has 2 unspecified atom stereocenters. The van der Waals surface area contributed by atoms with E-state index in [1.54, 1.807) is 26.1 Å². The van der Waals surface area contributed by atoms with Crippen LogP contribution in [0.1, 0.15) is 42.5 Å². The molecule has 35 heavy (non-hydrogen) atoms. The van der Waals surface area contributed by atoms with Crippen LogP contribution in [0.3, 0.4) is 0 Å². The van der Waals surface area contributed by atoms with Crippen LogP contribution >= 0.6 is 0 Å². The van der Waals surface area contributed by atoms with Gasteiger partial charge in [0.05, 0.1) is 18.1 Å². The molecule has 5 atom stereocenters. The smallest absolute Gasteiger partial charge is 0.319 e. The average Bonchev–Trinajstić information content (AvgIpc) is 3.37. The van der Waals surface area contributed by atoms with Gasteiger partial charge in [-0.25, -0.2) is 4.79 Å². The molecule has 3 aliphatic heterocycles. The fourth-order valence-corrected chi connectivity index (χ4v) is 7.19. The number of rotatable bonds is 4. The summed E-state index contributed by atoms with van der Waals surface area (Å²) in [5.41, 5.74) is 2.91. The van der Waals surface area contributed by atoms with E-state index in [0.29, 0.717) is 44.6 Å². The molecule has 1 aromatic heterocycles. The van der Waals surface area contributed by atoms with Crippen LogP contribution in [0.15, 0.2) is 12.3 Å². The van der Waals surface area contributed by atoms with Gasteiger partial charge in [-0.15, -0.1) is 0 Å². The molecule has 192 valence electrons. The topological polar surface area (TPSA) is 75.2 Å². The van der Waals surface area contributed by atoms with Crippen LogP contribution in [-0.4, -0.2) is 91.8 Å². The van der Waals surface area contributed by atoms with Crippen LogP contribution in [0.25, 0.3) is 0 Å². The van der Waals surface area contributed by atoms with E-state index >= 15 is 0 Å². The van der Waals surface area contributed by atoms with Crippen molar-refractivity contribution in [2.75, 3.05) is 54.1 Å². The molecule has 0 spiro atoms. The SMILES string of the molecule is COC1COCCC1C[C@@H]1C[C@H]2CN(C(=O)N(C)C)C[C@@]2(C(=O)N2CCc3ncc(C)cc3C2)C1. The molecule has 1 aromatic rings. The van der Waals surface area contributed by atoms with Gasteiger partial charge in [-0.2, -0.15) is 0 Å². The maximum atomic E-state index is 14.3. The van der Waals surface area contributed by atoms with E-state index in [9.17, 15) is 9.59 Å². The predicted molar refractivity (Wildman–Crippen MR) is 132 cm³/mol. The molecule has 3 fully saturated rings. The number of urea groups is 1. The first kappa shape index (κ1) is 24.5. The summed E-state index contributed by atoms with van der Waals surface area (Å²) >= 11 is 0. The van der Waals surface area contributed by atoms with Gasteiger partial charge in [0.1, 0.15) is 0 Å². The van der Waals surface area contributed by atoms with E-state index in [1.165, 1.54) is 0 Å². The van der Waals surface area contributed by atoms with E-state index in [0.717, 1.165) is 55.5 Å². The zero-order valence-electron chi connectivity index (χ0n) is 21.7. The zero-order valence-corrected chi connectivity index (χ0v) is 21.7. The van der Waals surface area contributed by atoms with E-state index in [2.05, 4.69) is 22.9 Å². The Morgan fingerprint density at radius 3 is 2.91 bits per heavy atom. The van der Waals surface area contributed by atoms with Gasteiger partial charge in [-0.3, -0.25) is 9.78 Å². The number of hydrogen-bond donors (Lipinski definition) is 0. The van der Waals surface area contributed by atoms with Gasteiger partial charge < -0.3 is 24.2 Å². The van der Waals surface area contributed by atoms with Crippen LogP contribution in [-0.2, 0) is 27.2 Å². The standard InChI is InChI=1S/C27H40N4O4/c1-18-9-21-14-30(7-5-23(21)28-13-18)25(32)27-12-19(10-20-6-8-35-16-24(20)34-4)11-22(27)15-31(17-27)26(33)29(2)3/h9,13,19-20,22,24H,5-8,10-12,14-17H2,1-4H3/t19-,20?,22+,24?,27+/m1/s1. The molecule has 2 saturated heterocycles. The Kier molecular flexibility index (Phi) is 6.79. The summed E-state index contributed by atoms with van der Waals surface area (Å²) in [6, 6.07) is 2.18. The highest BCUT2D eigenvalue weighted by Gasteiger charge is 2.59. The van der Waals surface area contributed by atoms with Crippen LogP contribution in [0.4, 0.5) is 4.79 Å². The predicted octanol–water partition coefficient (Wildman–Crippen LogP) is 2.73. The Hall–Kier alpha value is -2.19. The molecular weight excluding hydrogens is 444 g/mol. The number of fused-ring (bicyclic) bond motifs is 2. The molecule has 0 radical (unpaired) electrons. The summed E-state index contributed by atoms with van der Waals surface area (Å²) in [4.78, 5) is 37.4. The van der Waals surface area contributed by atoms with Crippen molar-refractivity contribution in [3.05, 3.63) is 29.1 Å². The third-order valence-electron chi connectivity index (χ3n) is 8.89. The van der Waals surface area contributed by atoms with Gasteiger partial charge in [0.15, 0.2) is 0 Å². The highest BCUT2D eigenvalue weighted by molar-refractivity contribution is 5.86. The lowest BCUT2D eigenvalue weighted by Crippen LogP contribution is -2.49. The monoisotopic (exact) mass is 484 g/mol. The number of nitrogens with zero attached hydrogens (tertiary/aromatic N) is 4. The molecule has 0 aromatic carbocycles. The van der Waals surface area contributed by atoms with Crippen LogP contribution in [0.5, 0.6) is 0 Å². The molecule has 5 rings (SSSR count). The van der Waals surface area contributed by atoms with Gasteiger partial charge in [0.25, 0.3) is 0 Å². The minimum absolute atomic E-state index is 0.0100. The Bertz CT molecular complexity index is 968. The number of aromatic nitrogens is 1. The highest BCUT2D eigenvalue weighted by atomic mass is 16.5. The Morgan fingerprint density at radius 1 is 1.31 bits per heavy atom. The first-order valence-corrected chi connectivity index (χ1v) is 13.1. The second kappa shape index (κ2) is 9.69. The minimum atomic E-state index is -0.487. The van der Waals surface area contributed by atoms with E-state index in [-0.39, 0.29) is 24.0 Å². The van der Waals surface area contributed by atoms with Gasteiger partial charge in [-0.05, 0) is 61.5 Å². The Labute approximate surface area is 208 Å². The van der Waals surface area contributed by atoms with E-state index in [1.807, 2.05) is 11.1 Å². The van der Waals surface area contributed by atoms with E-state index < -0.39 is 5.41 Å². The third-order valence-corrected chi connectivity index (χ3v) is 8.89. The lowest BCUT2D eigenvalue weighted by molar-refractivity contribution is -0.144. The first-order valence-electron chi connectivity index (χ1n) is 13.1. The molecule has 4 heterocycles. The molecular formula is C27H40N4O4. The van der Waals surface area contributed by atoms with Gasteiger partial charge in [-0.1, -0.05) is 6.07 Å². The van der Waals surface area contributed by atoms with Crippen molar-refractivity contribution in [3.63, 3.8) is 0 Å². The maximum Gasteiger partial charge on any atom is 0.319 e. The number of hydrogen-bond acceptors (Lipinski definition) is 5. The summed E-state index contributed by atoms with van der Waals surface area (Å²) in [6.45, 7) is 6.02. The minimum Gasteiger partial charge on any atom is -0.379 e. The first-order chi connectivity index (χ1) is 16.8. The Balaban J connectivity index is 1.37. The normalized spacial score (nSPS) is 32.3. The lowest BCUT2D eigenvalue weighted by Gasteiger charge is -2.37. The quantitative estimate of drug-likeness (QED) is 0.657. The number of ether oxygens (including phenoxy) is 2. The zero-order chi connectivity index (χ0) is 24.7. The number of aryl methyl sites for hydroxylation is 1. The maximum absolute atomic E-state index is 14.3. The highest BCUT2D eigenvalue weighted by Crippen LogP contribution is 2.54.